The van der Waals surface area contributed by atoms with Gasteiger partial charge in [-0.25, -0.2) is 0 Å². The van der Waals surface area contributed by atoms with Crippen LogP contribution in [0.2, 0.25) is 0 Å². The third-order valence-corrected chi connectivity index (χ3v) is 6.57. The Bertz CT molecular complexity index is 1420. The molecular weight excluding hydrogens is 382 g/mol. The molecule has 4 heteroatoms. The van der Waals surface area contributed by atoms with Gasteiger partial charge >= 0.3 is 0 Å². The predicted octanol–water partition coefficient (Wildman–Crippen LogP) is 5.98. The molecule has 0 bridgehead atoms. The smallest absolute Gasteiger partial charge is 0.162 e. The number of Topliss-reactive ketones (excluding diaryl/α,β-unsaturated/α-hetero) is 1. The Balaban J connectivity index is 1.66. The Morgan fingerprint density at radius 2 is 1.74 bits per heavy atom. The molecule has 3 heterocycles. The van der Waals surface area contributed by atoms with E-state index in [1.807, 2.05) is 24.5 Å². The minimum atomic E-state index is -0.130. The van der Waals surface area contributed by atoms with Crippen LogP contribution < -0.4 is 5.32 Å². The molecule has 0 spiro atoms. The number of carbonyl (C=O) groups excluding carboxylic acids is 1. The number of allylic oxidation sites excluding steroid dienone is 2. The van der Waals surface area contributed by atoms with Gasteiger partial charge in [-0.3, -0.25) is 14.8 Å². The van der Waals surface area contributed by atoms with Crippen LogP contribution in [-0.4, -0.2) is 15.8 Å². The fourth-order valence-electron chi connectivity index (χ4n) is 5.28. The Hall–Kier alpha value is -3.53. The summed E-state index contributed by atoms with van der Waals surface area (Å²) in [6.45, 7) is 4.34. The van der Waals surface area contributed by atoms with Gasteiger partial charge in [-0.2, -0.15) is 0 Å². The first kappa shape index (κ1) is 18.3. The number of rotatable bonds is 1. The van der Waals surface area contributed by atoms with Crippen molar-refractivity contribution in [1.82, 2.24) is 9.97 Å². The van der Waals surface area contributed by atoms with Crippen LogP contribution in [0.5, 0.6) is 0 Å². The number of hydrogen-bond donors (Lipinski definition) is 1. The first-order chi connectivity index (χ1) is 15.0. The van der Waals surface area contributed by atoms with E-state index in [1.54, 1.807) is 0 Å². The SMILES string of the molecule is CC1(C)CC(=O)C2=C(C1)Nc1ccc3ncccc3c1[C@@H]2c1ccc2cccnc2c1. The van der Waals surface area contributed by atoms with E-state index in [1.165, 1.54) is 0 Å². The molecule has 1 aliphatic carbocycles. The van der Waals surface area contributed by atoms with Crippen LogP contribution in [0.25, 0.3) is 21.8 Å². The number of benzene rings is 2. The monoisotopic (exact) mass is 405 g/mol. The Morgan fingerprint density at radius 1 is 0.935 bits per heavy atom. The van der Waals surface area contributed by atoms with E-state index < -0.39 is 0 Å². The van der Waals surface area contributed by atoms with Gasteiger partial charge in [0, 0.05) is 52.5 Å². The van der Waals surface area contributed by atoms with Crippen molar-refractivity contribution < 1.29 is 4.79 Å². The molecule has 0 amide bonds. The van der Waals surface area contributed by atoms with E-state index >= 15 is 0 Å². The second-order valence-corrected chi connectivity index (χ2v) is 9.44. The summed E-state index contributed by atoms with van der Waals surface area (Å²) in [5.74, 6) is 0.102. The molecule has 0 radical (unpaired) electrons. The van der Waals surface area contributed by atoms with Gasteiger partial charge in [0.2, 0.25) is 0 Å². The Morgan fingerprint density at radius 3 is 2.61 bits per heavy atom. The molecule has 4 nitrogen and oxygen atoms in total. The maximum atomic E-state index is 13.5. The van der Waals surface area contributed by atoms with Gasteiger partial charge in [-0.15, -0.1) is 0 Å². The van der Waals surface area contributed by atoms with Crippen molar-refractivity contribution in [3.05, 3.63) is 89.4 Å². The molecule has 31 heavy (non-hydrogen) atoms. The molecule has 6 rings (SSSR count). The highest BCUT2D eigenvalue weighted by molar-refractivity contribution is 6.04. The van der Waals surface area contributed by atoms with Gasteiger partial charge in [-0.05, 0) is 53.3 Å². The molecular formula is C27H23N3O. The summed E-state index contributed by atoms with van der Waals surface area (Å²) in [6.07, 6.45) is 5.06. The van der Waals surface area contributed by atoms with E-state index in [2.05, 4.69) is 71.6 Å². The van der Waals surface area contributed by atoms with Gasteiger partial charge in [0.05, 0.1) is 11.0 Å². The van der Waals surface area contributed by atoms with Crippen molar-refractivity contribution in [2.24, 2.45) is 5.41 Å². The van der Waals surface area contributed by atoms with E-state index in [-0.39, 0.29) is 17.1 Å². The van der Waals surface area contributed by atoms with Gasteiger partial charge in [0.25, 0.3) is 0 Å². The first-order valence-corrected chi connectivity index (χ1v) is 10.8. The fraction of sp³-hybridized carbons (Fsp3) is 0.222. The van der Waals surface area contributed by atoms with Crippen LogP contribution in [0.1, 0.15) is 43.7 Å². The lowest BCUT2D eigenvalue weighted by Gasteiger charge is -2.40. The number of fused-ring (bicyclic) bond motifs is 4. The fourth-order valence-corrected chi connectivity index (χ4v) is 5.28. The zero-order valence-electron chi connectivity index (χ0n) is 17.6. The number of nitrogens with one attached hydrogen (secondary N) is 1. The minimum Gasteiger partial charge on any atom is -0.358 e. The summed E-state index contributed by atoms with van der Waals surface area (Å²) in [7, 11) is 0. The molecule has 0 saturated heterocycles. The van der Waals surface area contributed by atoms with E-state index in [0.717, 1.165) is 56.3 Å². The highest BCUT2D eigenvalue weighted by atomic mass is 16.1. The summed E-state index contributed by atoms with van der Waals surface area (Å²) < 4.78 is 0. The van der Waals surface area contributed by atoms with Gasteiger partial charge in [-0.1, -0.05) is 38.1 Å². The average molecular weight is 406 g/mol. The number of carbonyl (C=O) groups is 1. The number of aromatic nitrogens is 2. The highest BCUT2D eigenvalue weighted by Gasteiger charge is 2.41. The van der Waals surface area contributed by atoms with Crippen molar-refractivity contribution in [3.8, 4) is 0 Å². The molecule has 2 aromatic heterocycles. The summed E-state index contributed by atoms with van der Waals surface area (Å²) in [6, 6.07) is 18.7. The third-order valence-electron chi connectivity index (χ3n) is 6.57. The van der Waals surface area contributed by atoms with E-state index in [0.29, 0.717) is 6.42 Å². The lowest BCUT2D eigenvalue weighted by Crippen LogP contribution is -2.33. The van der Waals surface area contributed by atoms with Crippen LogP contribution in [-0.2, 0) is 4.79 Å². The topological polar surface area (TPSA) is 54.9 Å². The minimum absolute atomic E-state index is 0.0473. The number of ketones is 1. The number of pyridine rings is 2. The molecule has 1 N–H and O–H groups in total. The molecule has 2 aliphatic rings. The standard InChI is InChI=1S/C27H23N3O/c1-27(2)14-22-26(23(31)15-27)24(17-8-7-16-5-3-11-29-21(16)13-17)25-18-6-4-12-28-19(18)9-10-20(25)30-22/h3-13,24,30H,14-15H2,1-2H3/t24-/m0/s1. The maximum absolute atomic E-state index is 13.5. The molecule has 0 saturated carbocycles. The molecule has 0 unspecified atom stereocenters. The van der Waals surface area contributed by atoms with Crippen LogP contribution in [0.4, 0.5) is 5.69 Å². The van der Waals surface area contributed by atoms with Crippen molar-refractivity contribution in [3.63, 3.8) is 0 Å². The summed E-state index contributed by atoms with van der Waals surface area (Å²) in [4.78, 5) is 22.7. The first-order valence-electron chi connectivity index (χ1n) is 10.8. The molecule has 152 valence electrons. The second kappa shape index (κ2) is 6.48. The van der Waals surface area contributed by atoms with Crippen LogP contribution in [0.3, 0.4) is 0 Å². The van der Waals surface area contributed by atoms with Crippen LogP contribution in [0, 0.1) is 5.41 Å². The Kier molecular flexibility index (Phi) is 3.82. The lowest BCUT2D eigenvalue weighted by atomic mass is 9.68. The van der Waals surface area contributed by atoms with Gasteiger partial charge in [0.15, 0.2) is 5.78 Å². The van der Waals surface area contributed by atoms with Crippen molar-refractivity contribution in [1.29, 1.82) is 0 Å². The number of nitrogens with zero attached hydrogens (tertiary/aromatic N) is 2. The predicted molar refractivity (Wildman–Crippen MR) is 124 cm³/mol. The Labute approximate surface area is 181 Å². The summed E-state index contributed by atoms with van der Waals surface area (Å²) >= 11 is 0. The molecule has 4 aromatic rings. The normalized spacial score (nSPS) is 19.8. The molecule has 0 fully saturated rings. The third kappa shape index (κ3) is 2.86. The maximum Gasteiger partial charge on any atom is 0.162 e. The zero-order chi connectivity index (χ0) is 21.2. The van der Waals surface area contributed by atoms with Crippen LogP contribution in [0.15, 0.2) is 78.3 Å². The van der Waals surface area contributed by atoms with Crippen LogP contribution >= 0.6 is 0 Å². The average Bonchev–Trinajstić information content (AvgIpc) is 2.76. The quantitative estimate of drug-likeness (QED) is 0.423. The molecule has 2 aromatic carbocycles. The lowest BCUT2D eigenvalue weighted by molar-refractivity contribution is -0.118. The van der Waals surface area contributed by atoms with Crippen molar-refractivity contribution >= 4 is 33.3 Å². The van der Waals surface area contributed by atoms with E-state index in [9.17, 15) is 4.79 Å². The molecule has 1 aliphatic heterocycles. The van der Waals surface area contributed by atoms with Crippen molar-refractivity contribution in [2.75, 3.05) is 5.32 Å². The zero-order valence-corrected chi connectivity index (χ0v) is 17.6. The summed E-state index contributed by atoms with van der Waals surface area (Å²) in [5.41, 5.74) is 7.11. The van der Waals surface area contributed by atoms with Gasteiger partial charge < -0.3 is 5.32 Å². The highest BCUT2D eigenvalue weighted by Crippen LogP contribution is 2.50. The van der Waals surface area contributed by atoms with Gasteiger partial charge in [0.1, 0.15) is 0 Å². The summed E-state index contributed by atoms with van der Waals surface area (Å²) in [5, 5.41) is 5.82. The largest absolute Gasteiger partial charge is 0.358 e. The van der Waals surface area contributed by atoms with Crippen molar-refractivity contribution in [2.45, 2.75) is 32.6 Å². The van der Waals surface area contributed by atoms with E-state index in [4.69, 9.17) is 0 Å². The number of anilines is 1. The molecule has 1 atom stereocenters. The second-order valence-electron chi connectivity index (χ2n) is 9.44. The number of hydrogen-bond acceptors (Lipinski definition) is 4.